The van der Waals surface area contributed by atoms with Gasteiger partial charge in [-0.2, -0.15) is 0 Å². The largest absolute Gasteiger partial charge is 0.477 e. The fraction of sp³-hybridized carbons (Fsp3) is 0.316. The van der Waals surface area contributed by atoms with Crippen LogP contribution in [0.4, 0.5) is 5.69 Å². The Morgan fingerprint density at radius 2 is 2.00 bits per heavy atom. The van der Waals surface area contributed by atoms with Crippen molar-refractivity contribution in [1.82, 2.24) is 4.90 Å². The Morgan fingerprint density at radius 1 is 1.24 bits per heavy atom. The molecule has 0 saturated carbocycles. The summed E-state index contributed by atoms with van der Waals surface area (Å²) in [5, 5.41) is 11.1. The quantitative estimate of drug-likeness (QED) is 0.443. The Hall–Kier alpha value is -2.46. The Morgan fingerprint density at radius 3 is 2.66 bits per heavy atom. The Bertz CT molecular complexity index is 1030. The van der Waals surface area contributed by atoms with Crippen LogP contribution in [0.25, 0.3) is 0 Å². The van der Waals surface area contributed by atoms with Crippen molar-refractivity contribution in [3.8, 4) is 5.75 Å². The van der Waals surface area contributed by atoms with Gasteiger partial charge in [0.05, 0.1) is 16.4 Å². The number of carbonyl (C=O) groups excluding carboxylic acids is 1. The number of sulfone groups is 1. The zero-order chi connectivity index (χ0) is 21.0. The van der Waals surface area contributed by atoms with Crippen LogP contribution in [-0.4, -0.2) is 48.3 Å². The van der Waals surface area contributed by atoms with Gasteiger partial charge >= 0.3 is 5.69 Å². The first kappa shape index (κ1) is 21.3. The molecule has 0 unspecified atom stereocenters. The van der Waals surface area contributed by atoms with Crippen LogP contribution in [0.15, 0.2) is 53.0 Å². The molecule has 2 aromatic carbocycles. The van der Waals surface area contributed by atoms with Crippen molar-refractivity contribution >= 4 is 37.4 Å². The molecule has 0 aromatic heterocycles. The number of hydrogen-bond acceptors (Lipinski definition) is 6. The van der Waals surface area contributed by atoms with E-state index in [4.69, 9.17) is 4.74 Å². The molecule has 2 aromatic rings. The van der Waals surface area contributed by atoms with Gasteiger partial charge in [0.15, 0.2) is 22.2 Å². The topological polar surface area (TPSA) is 107 Å². The van der Waals surface area contributed by atoms with Crippen LogP contribution in [0.2, 0.25) is 0 Å². The molecule has 1 atom stereocenters. The number of nitro benzene ring substituents is 1. The minimum absolute atomic E-state index is 0.00713. The minimum atomic E-state index is -3.19. The number of nitrogens with zero attached hydrogens (tertiary/aromatic N) is 2. The molecule has 0 N–H and O–H groups in total. The van der Waals surface area contributed by atoms with Gasteiger partial charge in [0.25, 0.3) is 5.91 Å². The van der Waals surface area contributed by atoms with E-state index in [-0.39, 0.29) is 29.5 Å². The molecule has 1 heterocycles. The second-order valence-corrected chi connectivity index (χ2v) is 9.87. The lowest BCUT2D eigenvalue weighted by Gasteiger charge is -2.28. The maximum Gasteiger partial charge on any atom is 0.310 e. The maximum absolute atomic E-state index is 12.9. The fourth-order valence-electron chi connectivity index (χ4n) is 3.23. The van der Waals surface area contributed by atoms with Crippen molar-refractivity contribution in [2.24, 2.45) is 0 Å². The molecule has 1 saturated heterocycles. The summed E-state index contributed by atoms with van der Waals surface area (Å²) in [5.74, 6) is -0.499. The second kappa shape index (κ2) is 8.91. The SMILES string of the molecule is O=C(COc1ccccc1[N+](=O)[O-])N(Cc1cccc(Br)c1)[C@@H]1CCS(=O)(=O)C1. The van der Waals surface area contributed by atoms with Crippen LogP contribution >= 0.6 is 15.9 Å². The summed E-state index contributed by atoms with van der Waals surface area (Å²) in [4.78, 5) is 24.9. The third-order valence-corrected chi connectivity index (χ3v) is 6.87. The Balaban J connectivity index is 1.78. The summed E-state index contributed by atoms with van der Waals surface area (Å²) in [6.45, 7) is -0.200. The molecule has 1 aliphatic rings. The van der Waals surface area contributed by atoms with Gasteiger partial charge in [-0.05, 0) is 30.2 Å². The molecule has 8 nitrogen and oxygen atoms in total. The van der Waals surface area contributed by atoms with Gasteiger partial charge in [-0.1, -0.05) is 40.2 Å². The van der Waals surface area contributed by atoms with E-state index < -0.39 is 33.3 Å². The third kappa shape index (κ3) is 5.54. The molecular formula is C19H19BrN2O6S. The number of benzene rings is 2. The molecule has 10 heteroatoms. The Labute approximate surface area is 176 Å². The van der Waals surface area contributed by atoms with E-state index in [1.807, 2.05) is 24.3 Å². The molecule has 0 bridgehead atoms. The van der Waals surface area contributed by atoms with E-state index in [2.05, 4.69) is 15.9 Å². The van der Waals surface area contributed by atoms with E-state index >= 15 is 0 Å². The van der Waals surface area contributed by atoms with E-state index in [0.29, 0.717) is 6.42 Å². The maximum atomic E-state index is 12.9. The lowest BCUT2D eigenvalue weighted by atomic mass is 10.1. The van der Waals surface area contributed by atoms with Gasteiger partial charge in [-0.15, -0.1) is 0 Å². The predicted octanol–water partition coefficient (Wildman–Crippen LogP) is 2.95. The first-order valence-electron chi connectivity index (χ1n) is 8.86. The van der Waals surface area contributed by atoms with Crippen LogP contribution in [0.3, 0.4) is 0 Å². The molecule has 154 valence electrons. The average Bonchev–Trinajstić information content (AvgIpc) is 3.04. The van der Waals surface area contributed by atoms with Crippen LogP contribution in [0.1, 0.15) is 12.0 Å². The first-order valence-corrected chi connectivity index (χ1v) is 11.5. The number of carbonyl (C=O) groups is 1. The van der Waals surface area contributed by atoms with Gasteiger partial charge in [-0.25, -0.2) is 8.42 Å². The lowest BCUT2D eigenvalue weighted by Crippen LogP contribution is -2.43. The van der Waals surface area contributed by atoms with Gasteiger partial charge in [-0.3, -0.25) is 14.9 Å². The predicted molar refractivity (Wildman–Crippen MR) is 110 cm³/mol. The number of ether oxygens (including phenoxy) is 1. The number of halogens is 1. The lowest BCUT2D eigenvalue weighted by molar-refractivity contribution is -0.385. The Kier molecular flexibility index (Phi) is 6.53. The second-order valence-electron chi connectivity index (χ2n) is 6.72. The van der Waals surface area contributed by atoms with E-state index in [1.54, 1.807) is 6.07 Å². The summed E-state index contributed by atoms with van der Waals surface area (Å²) in [7, 11) is -3.19. The number of rotatable bonds is 7. The molecule has 3 rings (SSSR count). The third-order valence-electron chi connectivity index (χ3n) is 4.62. The van der Waals surface area contributed by atoms with Gasteiger partial charge in [0.2, 0.25) is 0 Å². The average molecular weight is 483 g/mol. The summed E-state index contributed by atoms with van der Waals surface area (Å²) in [6.07, 6.45) is 0.355. The highest BCUT2D eigenvalue weighted by molar-refractivity contribution is 9.10. The highest BCUT2D eigenvalue weighted by Gasteiger charge is 2.35. The number of nitro groups is 1. The van der Waals surface area contributed by atoms with Crippen LogP contribution in [-0.2, 0) is 21.2 Å². The molecule has 0 radical (unpaired) electrons. The van der Waals surface area contributed by atoms with Crippen LogP contribution in [0, 0.1) is 10.1 Å². The van der Waals surface area contributed by atoms with Crippen molar-refractivity contribution in [3.05, 3.63) is 68.7 Å². The molecule has 1 aliphatic heterocycles. The molecule has 0 spiro atoms. The number of amides is 1. The van der Waals surface area contributed by atoms with E-state index in [1.165, 1.54) is 23.1 Å². The zero-order valence-corrected chi connectivity index (χ0v) is 17.8. The molecule has 0 aliphatic carbocycles. The number of para-hydroxylation sites is 2. The highest BCUT2D eigenvalue weighted by atomic mass is 79.9. The van der Waals surface area contributed by atoms with E-state index in [9.17, 15) is 23.3 Å². The molecular weight excluding hydrogens is 464 g/mol. The van der Waals surface area contributed by atoms with Crippen molar-refractivity contribution in [1.29, 1.82) is 0 Å². The standard InChI is InChI=1S/C19H19BrN2O6S/c20-15-5-3-4-14(10-15)11-21(16-8-9-29(26,27)13-16)19(23)12-28-18-7-2-1-6-17(18)22(24)25/h1-7,10,16H,8-9,11-13H2/t16-/m1/s1. The van der Waals surface area contributed by atoms with Crippen LogP contribution < -0.4 is 4.74 Å². The normalized spacial score (nSPS) is 17.6. The molecule has 29 heavy (non-hydrogen) atoms. The molecule has 1 fully saturated rings. The molecule has 1 amide bonds. The van der Waals surface area contributed by atoms with Gasteiger partial charge < -0.3 is 9.64 Å². The van der Waals surface area contributed by atoms with Gasteiger partial charge in [0, 0.05) is 23.1 Å². The van der Waals surface area contributed by atoms with Crippen molar-refractivity contribution < 1.29 is 22.9 Å². The summed E-state index contributed by atoms with van der Waals surface area (Å²) in [5.41, 5.74) is 0.602. The zero-order valence-electron chi connectivity index (χ0n) is 15.4. The minimum Gasteiger partial charge on any atom is -0.477 e. The first-order chi connectivity index (χ1) is 13.7. The summed E-state index contributed by atoms with van der Waals surface area (Å²) >= 11 is 3.39. The monoisotopic (exact) mass is 482 g/mol. The van der Waals surface area contributed by atoms with Crippen molar-refractivity contribution in [2.45, 2.75) is 19.0 Å². The number of hydrogen-bond donors (Lipinski definition) is 0. The van der Waals surface area contributed by atoms with Crippen LogP contribution in [0.5, 0.6) is 5.75 Å². The highest BCUT2D eigenvalue weighted by Crippen LogP contribution is 2.26. The van der Waals surface area contributed by atoms with E-state index in [0.717, 1.165) is 10.0 Å². The smallest absolute Gasteiger partial charge is 0.310 e. The van der Waals surface area contributed by atoms with Crippen molar-refractivity contribution in [3.63, 3.8) is 0 Å². The fourth-order valence-corrected chi connectivity index (χ4v) is 5.40. The summed E-state index contributed by atoms with van der Waals surface area (Å²) < 4.78 is 30.1. The summed E-state index contributed by atoms with van der Waals surface area (Å²) in [6, 6.07) is 12.7. The van der Waals surface area contributed by atoms with Crippen molar-refractivity contribution in [2.75, 3.05) is 18.1 Å². The van der Waals surface area contributed by atoms with Gasteiger partial charge in [0.1, 0.15) is 0 Å².